The van der Waals surface area contributed by atoms with E-state index in [0.717, 1.165) is 12.1 Å². The number of aryl methyl sites for hydroxylation is 1. The number of ether oxygens (including phenoxy) is 2. The zero-order chi connectivity index (χ0) is 32.5. The van der Waals surface area contributed by atoms with E-state index in [0.29, 0.717) is 29.0 Å². The predicted octanol–water partition coefficient (Wildman–Crippen LogP) is 7.02. The molecule has 0 atom stereocenters. The highest BCUT2D eigenvalue weighted by Gasteiger charge is 2.30. The Labute approximate surface area is 254 Å². The van der Waals surface area contributed by atoms with Crippen LogP contribution in [0.25, 0.3) is 0 Å². The molecule has 2 bridgehead atoms. The number of benzene rings is 1. The van der Waals surface area contributed by atoms with Gasteiger partial charge in [0.2, 0.25) is 11.8 Å². The molecule has 1 aromatic carbocycles. The average Bonchev–Trinajstić information content (AvgIpc) is 3.27. The number of nitrogens with one attached hydrogen (secondary N) is 2. The molecule has 1 aromatic heterocycles. The zero-order valence-corrected chi connectivity index (χ0v) is 25.5. The molecule has 2 amide bonds. The number of nitrogens with zero attached hydrogens (tertiary/aromatic N) is 3. The van der Waals surface area contributed by atoms with Crippen molar-refractivity contribution in [1.29, 1.82) is 0 Å². The summed E-state index contributed by atoms with van der Waals surface area (Å²) in [5.41, 5.74) is 1.36. The molecule has 9 nitrogen and oxygen atoms in total. The Kier molecular flexibility index (Phi) is 11.2. The van der Waals surface area contributed by atoms with Crippen LogP contribution in [-0.2, 0) is 22.1 Å². The number of halogens is 3. The summed E-state index contributed by atoms with van der Waals surface area (Å²) < 4.78 is 50.6. The second kappa shape index (κ2) is 14.6. The van der Waals surface area contributed by atoms with Crippen LogP contribution in [0.3, 0.4) is 0 Å². The lowest BCUT2D eigenvalue weighted by atomic mass is 10.0. The van der Waals surface area contributed by atoms with Crippen LogP contribution in [0.5, 0.6) is 5.88 Å². The van der Waals surface area contributed by atoms with Crippen LogP contribution < -0.4 is 15.4 Å². The predicted molar refractivity (Wildman–Crippen MR) is 162 cm³/mol. The Hall–Kier alpha value is -4.74. The first-order valence-corrected chi connectivity index (χ1v) is 14.1. The Morgan fingerprint density at radius 3 is 2.50 bits per heavy atom. The fraction of sp³-hybridized carbons (Fsp3) is 0.344. The molecule has 0 saturated carbocycles. The third-order valence-corrected chi connectivity index (χ3v) is 6.01. The lowest BCUT2D eigenvalue weighted by molar-refractivity contribution is -0.137. The third kappa shape index (κ3) is 9.65. The fourth-order valence-corrected chi connectivity index (χ4v) is 4.10. The molecule has 4 rings (SSSR count). The quantitative estimate of drug-likeness (QED) is 0.348. The first kappa shape index (κ1) is 33.8. The van der Waals surface area contributed by atoms with Crippen molar-refractivity contribution in [3.63, 3.8) is 0 Å². The van der Waals surface area contributed by atoms with Crippen LogP contribution in [0, 0.1) is 6.92 Å². The number of allylic oxidation sites excluding steroid dienone is 5. The van der Waals surface area contributed by atoms with E-state index >= 15 is 0 Å². The number of alkyl carbamates (subject to hydrolysis) is 1. The standard InChI is InChI=1S/C30H30F3N5O4.C2H6/c1-18-23(13-14-34-28(40)42-29(2,3)4)27(36-17-35-18)41-25-12-11-19-15-21(37-25)9-6-10-24(19)26(39)38-22-8-5-7-20(16-22)30(31,32)33;1-2/h5-12,16-17H,13-15H2,1-4H3,(H,34,40)(H,38,39);1-2H3. The number of hydrogen-bond donors (Lipinski definition) is 2. The van der Waals surface area contributed by atoms with Crippen molar-refractivity contribution >= 4 is 23.4 Å². The molecule has 0 fully saturated rings. The van der Waals surface area contributed by atoms with Crippen LogP contribution in [0.15, 0.2) is 83.0 Å². The van der Waals surface area contributed by atoms with Crippen LogP contribution >= 0.6 is 0 Å². The maximum atomic E-state index is 13.1. The highest BCUT2D eigenvalue weighted by molar-refractivity contribution is 6.10. The van der Waals surface area contributed by atoms with Gasteiger partial charge < -0.3 is 20.1 Å². The van der Waals surface area contributed by atoms with Gasteiger partial charge in [0.15, 0.2) is 0 Å². The molecule has 2 N–H and O–H groups in total. The van der Waals surface area contributed by atoms with Gasteiger partial charge in [0.1, 0.15) is 11.9 Å². The van der Waals surface area contributed by atoms with Crippen molar-refractivity contribution in [2.24, 2.45) is 4.99 Å². The number of carbonyl (C=O) groups excluding carboxylic acids is 2. The first-order chi connectivity index (χ1) is 20.8. The topological polar surface area (TPSA) is 115 Å². The molecule has 234 valence electrons. The molecule has 1 aliphatic carbocycles. The van der Waals surface area contributed by atoms with E-state index in [9.17, 15) is 22.8 Å². The Bertz CT molecular complexity index is 1530. The van der Waals surface area contributed by atoms with Gasteiger partial charge in [-0.25, -0.2) is 19.8 Å². The van der Waals surface area contributed by atoms with Gasteiger partial charge >= 0.3 is 12.3 Å². The minimum atomic E-state index is -4.53. The summed E-state index contributed by atoms with van der Waals surface area (Å²) in [5, 5.41) is 5.25. The van der Waals surface area contributed by atoms with Crippen molar-refractivity contribution in [2.75, 3.05) is 11.9 Å². The van der Waals surface area contributed by atoms with Crippen LogP contribution in [0.1, 0.15) is 57.9 Å². The maximum absolute atomic E-state index is 13.1. The van der Waals surface area contributed by atoms with Gasteiger partial charge in [-0.1, -0.05) is 32.1 Å². The van der Waals surface area contributed by atoms with Crippen molar-refractivity contribution in [1.82, 2.24) is 15.3 Å². The van der Waals surface area contributed by atoms with Gasteiger partial charge in [-0.2, -0.15) is 13.2 Å². The molecule has 2 aliphatic rings. The number of alkyl halides is 3. The van der Waals surface area contributed by atoms with E-state index in [4.69, 9.17) is 9.47 Å². The minimum Gasteiger partial charge on any atom is -0.444 e. The molecule has 2 aromatic rings. The number of aromatic nitrogens is 2. The molecular formula is C32H36F3N5O4. The molecule has 2 heterocycles. The average molecular weight is 612 g/mol. The molecule has 0 unspecified atom stereocenters. The molecule has 1 aliphatic heterocycles. The van der Waals surface area contributed by atoms with E-state index < -0.39 is 29.3 Å². The van der Waals surface area contributed by atoms with Gasteiger partial charge in [-0.15, -0.1) is 0 Å². The number of aliphatic imine (C=N–C) groups is 1. The van der Waals surface area contributed by atoms with Crippen molar-refractivity contribution in [2.45, 2.75) is 66.2 Å². The molecule has 0 spiro atoms. The number of fused-ring (bicyclic) bond motifs is 2. The van der Waals surface area contributed by atoms with Crippen molar-refractivity contribution < 1.29 is 32.2 Å². The normalized spacial score (nSPS) is 14.3. The summed E-state index contributed by atoms with van der Waals surface area (Å²) in [4.78, 5) is 38.2. The number of anilines is 1. The summed E-state index contributed by atoms with van der Waals surface area (Å²) in [6.45, 7) is 11.4. The second-order valence-electron chi connectivity index (χ2n) is 10.5. The Balaban J connectivity index is 0.00000259. The zero-order valence-electron chi connectivity index (χ0n) is 25.5. The number of carbonyl (C=O) groups is 2. The summed E-state index contributed by atoms with van der Waals surface area (Å²) >= 11 is 0. The monoisotopic (exact) mass is 611 g/mol. The highest BCUT2D eigenvalue weighted by atomic mass is 19.4. The summed E-state index contributed by atoms with van der Waals surface area (Å²) in [6, 6.07) is 4.45. The van der Waals surface area contributed by atoms with Crippen LogP contribution in [-0.4, -0.2) is 39.8 Å². The molecule has 12 heteroatoms. The molecule has 0 radical (unpaired) electrons. The van der Waals surface area contributed by atoms with Gasteiger partial charge in [-0.05, 0) is 70.0 Å². The molecular weight excluding hydrogens is 575 g/mol. The lowest BCUT2D eigenvalue weighted by Crippen LogP contribution is -2.33. The summed E-state index contributed by atoms with van der Waals surface area (Å²) in [7, 11) is 0. The van der Waals surface area contributed by atoms with Gasteiger partial charge in [0.25, 0.3) is 5.91 Å². The van der Waals surface area contributed by atoms with Gasteiger partial charge in [0, 0.05) is 47.3 Å². The number of amides is 2. The Morgan fingerprint density at radius 1 is 1.05 bits per heavy atom. The van der Waals surface area contributed by atoms with Crippen LogP contribution in [0.4, 0.5) is 23.7 Å². The molecule has 44 heavy (non-hydrogen) atoms. The largest absolute Gasteiger partial charge is 0.444 e. The smallest absolute Gasteiger partial charge is 0.416 e. The van der Waals surface area contributed by atoms with Crippen molar-refractivity contribution in [3.8, 4) is 5.88 Å². The summed E-state index contributed by atoms with van der Waals surface area (Å²) in [6.07, 6.45) is 5.16. The first-order valence-electron chi connectivity index (χ1n) is 14.1. The van der Waals surface area contributed by atoms with E-state index in [1.807, 2.05) is 13.8 Å². The van der Waals surface area contributed by atoms with E-state index in [1.165, 1.54) is 18.5 Å². The van der Waals surface area contributed by atoms with E-state index in [-0.39, 0.29) is 36.0 Å². The third-order valence-electron chi connectivity index (χ3n) is 6.01. The van der Waals surface area contributed by atoms with Gasteiger partial charge in [-0.3, -0.25) is 4.79 Å². The lowest BCUT2D eigenvalue weighted by Gasteiger charge is -2.19. The molecule has 0 saturated heterocycles. The van der Waals surface area contributed by atoms with Gasteiger partial charge in [0.05, 0.1) is 5.56 Å². The Morgan fingerprint density at radius 2 is 1.80 bits per heavy atom. The number of rotatable bonds is 7. The maximum Gasteiger partial charge on any atom is 0.416 e. The second-order valence-corrected chi connectivity index (χ2v) is 10.5. The van der Waals surface area contributed by atoms with E-state index in [1.54, 1.807) is 58.1 Å². The fourth-order valence-electron chi connectivity index (χ4n) is 4.10. The minimum absolute atomic E-state index is 0.0273. The highest BCUT2D eigenvalue weighted by Crippen LogP contribution is 2.31. The number of hydrogen-bond acceptors (Lipinski definition) is 7. The summed E-state index contributed by atoms with van der Waals surface area (Å²) in [5.74, 6) is -0.0853. The van der Waals surface area contributed by atoms with Crippen LogP contribution in [0.2, 0.25) is 0 Å². The SMILES string of the molecule is CC.Cc1ncnc(OC2=CC=C3CC(=N2)C=CC=C3C(=O)Nc2cccc(C(F)(F)F)c2)c1CCNC(=O)OC(C)(C)C. The van der Waals surface area contributed by atoms with Crippen molar-refractivity contribution in [3.05, 3.63) is 94.8 Å². The van der Waals surface area contributed by atoms with E-state index in [2.05, 4.69) is 25.6 Å².